The van der Waals surface area contributed by atoms with Crippen LogP contribution in [0.3, 0.4) is 0 Å². The van der Waals surface area contributed by atoms with E-state index in [-0.39, 0.29) is 11.9 Å². The second-order valence-corrected chi connectivity index (χ2v) is 9.15. The van der Waals surface area contributed by atoms with E-state index in [2.05, 4.69) is 0 Å². The molecular weight excluding hydrogens is 316 g/mol. The summed E-state index contributed by atoms with van der Waals surface area (Å²) in [5, 5.41) is 0. The van der Waals surface area contributed by atoms with E-state index in [0.29, 0.717) is 26.2 Å². The second kappa shape index (κ2) is 6.31. The first kappa shape index (κ1) is 17.1. The summed E-state index contributed by atoms with van der Waals surface area (Å²) in [4.78, 5) is 14.0. The zero-order chi connectivity index (χ0) is 16.7. The molecule has 0 spiro atoms. The first-order valence-electron chi connectivity index (χ1n) is 8.66. The molecule has 0 bridgehead atoms. The predicted octanol–water partition coefficient (Wildman–Crippen LogP) is 0.131. The maximum atomic E-state index is 12.8. The van der Waals surface area contributed by atoms with Crippen LogP contribution in [0.5, 0.6) is 0 Å². The van der Waals surface area contributed by atoms with Crippen molar-refractivity contribution in [1.29, 1.82) is 0 Å². The van der Waals surface area contributed by atoms with E-state index in [9.17, 15) is 13.2 Å². The van der Waals surface area contributed by atoms with E-state index in [0.717, 1.165) is 38.5 Å². The van der Waals surface area contributed by atoms with Crippen LogP contribution in [0.4, 0.5) is 0 Å². The number of nitrogens with zero attached hydrogens (tertiary/aromatic N) is 3. The smallest absolute Gasteiger partial charge is 0.282 e. The highest BCUT2D eigenvalue weighted by atomic mass is 32.2. The Labute approximate surface area is 139 Å². The Morgan fingerprint density at radius 3 is 2.17 bits per heavy atom. The molecule has 132 valence electrons. The quantitative estimate of drug-likeness (QED) is 0.785. The third kappa shape index (κ3) is 3.40. The highest BCUT2D eigenvalue weighted by Gasteiger charge is 2.49. The predicted molar refractivity (Wildman–Crippen MR) is 87.9 cm³/mol. The molecule has 0 atom stereocenters. The van der Waals surface area contributed by atoms with Gasteiger partial charge in [0.1, 0.15) is 0 Å². The monoisotopic (exact) mass is 344 g/mol. The van der Waals surface area contributed by atoms with Crippen LogP contribution in [-0.4, -0.2) is 72.6 Å². The van der Waals surface area contributed by atoms with Crippen molar-refractivity contribution in [2.24, 2.45) is 5.73 Å². The van der Waals surface area contributed by atoms with Gasteiger partial charge < -0.3 is 10.6 Å². The molecule has 0 aromatic carbocycles. The lowest BCUT2D eigenvalue weighted by molar-refractivity contribution is -0.134. The zero-order valence-corrected chi connectivity index (χ0v) is 14.7. The molecule has 0 aromatic heterocycles. The Bertz CT molecular complexity index is 547. The Morgan fingerprint density at radius 1 is 1.09 bits per heavy atom. The number of amides is 1. The van der Waals surface area contributed by atoms with E-state index >= 15 is 0 Å². The zero-order valence-electron chi connectivity index (χ0n) is 13.9. The van der Waals surface area contributed by atoms with Crippen molar-refractivity contribution in [1.82, 2.24) is 13.5 Å². The average molecular weight is 344 g/mol. The van der Waals surface area contributed by atoms with Crippen LogP contribution in [-0.2, 0) is 15.0 Å². The highest BCUT2D eigenvalue weighted by Crippen LogP contribution is 2.34. The number of rotatable bonds is 4. The summed E-state index contributed by atoms with van der Waals surface area (Å²) in [5.74, 6) is -0.0183. The van der Waals surface area contributed by atoms with Gasteiger partial charge in [-0.15, -0.1) is 0 Å². The number of hydrogen-bond acceptors (Lipinski definition) is 4. The van der Waals surface area contributed by atoms with Crippen molar-refractivity contribution in [3.8, 4) is 0 Å². The van der Waals surface area contributed by atoms with E-state index in [1.807, 2.05) is 0 Å². The summed E-state index contributed by atoms with van der Waals surface area (Å²) in [6, 6.07) is 0.118. The van der Waals surface area contributed by atoms with Crippen LogP contribution >= 0.6 is 0 Å². The van der Waals surface area contributed by atoms with Crippen LogP contribution in [0.2, 0.25) is 0 Å². The standard InChI is InChI=1S/C15H28N4O3S/c1-17(13-5-3-2-4-6-13)23(21,22)19-11-9-18(10-12-19)14(20)15(16)7-8-15/h13H,2-12,16H2,1H3. The summed E-state index contributed by atoms with van der Waals surface area (Å²) < 4.78 is 28.7. The molecule has 1 amide bonds. The Kier molecular flexibility index (Phi) is 4.70. The van der Waals surface area contributed by atoms with E-state index < -0.39 is 15.7 Å². The minimum absolute atomic E-state index is 0.0183. The third-order valence-corrected chi connectivity index (χ3v) is 7.56. The summed E-state index contributed by atoms with van der Waals surface area (Å²) in [7, 11) is -1.74. The molecule has 1 aliphatic heterocycles. The molecule has 8 heteroatoms. The fourth-order valence-corrected chi connectivity index (χ4v) is 5.18. The van der Waals surface area contributed by atoms with E-state index in [1.54, 1.807) is 16.3 Å². The largest absolute Gasteiger partial charge is 0.338 e. The molecule has 2 saturated carbocycles. The fourth-order valence-electron chi connectivity index (χ4n) is 3.60. The van der Waals surface area contributed by atoms with Crippen LogP contribution in [0.15, 0.2) is 0 Å². The van der Waals surface area contributed by atoms with E-state index in [4.69, 9.17) is 5.73 Å². The van der Waals surface area contributed by atoms with Crippen molar-refractivity contribution in [3.05, 3.63) is 0 Å². The summed E-state index contributed by atoms with van der Waals surface area (Å²) in [5.41, 5.74) is 5.29. The van der Waals surface area contributed by atoms with Gasteiger partial charge in [0, 0.05) is 39.3 Å². The molecule has 7 nitrogen and oxygen atoms in total. The molecule has 23 heavy (non-hydrogen) atoms. The summed E-state index contributed by atoms with van der Waals surface area (Å²) in [6.45, 7) is 1.60. The number of hydrogen-bond donors (Lipinski definition) is 1. The van der Waals surface area contributed by atoms with Gasteiger partial charge in [0.05, 0.1) is 5.54 Å². The first-order valence-corrected chi connectivity index (χ1v) is 10.1. The molecule has 2 aliphatic carbocycles. The van der Waals surface area contributed by atoms with E-state index in [1.165, 1.54) is 10.7 Å². The maximum absolute atomic E-state index is 12.8. The molecule has 0 unspecified atom stereocenters. The lowest BCUT2D eigenvalue weighted by Gasteiger charge is -2.39. The van der Waals surface area contributed by atoms with Gasteiger partial charge in [-0.05, 0) is 25.7 Å². The molecule has 2 N–H and O–H groups in total. The van der Waals surface area contributed by atoms with Gasteiger partial charge in [-0.2, -0.15) is 17.0 Å². The molecule has 1 heterocycles. The second-order valence-electron chi connectivity index (χ2n) is 7.16. The maximum Gasteiger partial charge on any atom is 0.282 e. The summed E-state index contributed by atoms with van der Waals surface area (Å²) >= 11 is 0. The fraction of sp³-hybridized carbons (Fsp3) is 0.933. The molecule has 0 radical (unpaired) electrons. The van der Waals surface area contributed by atoms with Gasteiger partial charge in [0.15, 0.2) is 0 Å². The molecule has 0 aromatic rings. The SMILES string of the molecule is CN(C1CCCCC1)S(=O)(=O)N1CCN(C(=O)C2(N)CC2)CC1. The van der Waals surface area contributed by atoms with Crippen LogP contribution in [0, 0.1) is 0 Å². The van der Waals surface area contributed by atoms with Crippen molar-refractivity contribution >= 4 is 16.1 Å². The van der Waals surface area contributed by atoms with Gasteiger partial charge >= 0.3 is 0 Å². The Balaban J connectivity index is 1.58. The number of piperazine rings is 1. The topological polar surface area (TPSA) is 87.0 Å². The third-order valence-electron chi connectivity index (χ3n) is 5.52. The van der Waals surface area contributed by atoms with Gasteiger partial charge in [0.2, 0.25) is 5.91 Å². The van der Waals surface area contributed by atoms with Gasteiger partial charge in [-0.25, -0.2) is 0 Å². The number of carbonyl (C=O) groups is 1. The van der Waals surface area contributed by atoms with Crippen molar-refractivity contribution in [2.45, 2.75) is 56.5 Å². The van der Waals surface area contributed by atoms with Gasteiger partial charge in [-0.3, -0.25) is 4.79 Å². The molecule has 3 fully saturated rings. The summed E-state index contributed by atoms with van der Waals surface area (Å²) in [6.07, 6.45) is 6.79. The van der Waals surface area contributed by atoms with Gasteiger partial charge in [-0.1, -0.05) is 19.3 Å². The van der Waals surface area contributed by atoms with Crippen molar-refractivity contribution < 1.29 is 13.2 Å². The molecular formula is C15H28N4O3S. The lowest BCUT2D eigenvalue weighted by Crippen LogP contribution is -2.57. The Morgan fingerprint density at radius 2 is 1.65 bits per heavy atom. The van der Waals surface area contributed by atoms with Crippen LogP contribution in [0.25, 0.3) is 0 Å². The number of nitrogens with two attached hydrogens (primary N) is 1. The average Bonchev–Trinajstić information content (AvgIpc) is 3.33. The van der Waals surface area contributed by atoms with Crippen molar-refractivity contribution in [2.75, 3.05) is 33.2 Å². The van der Waals surface area contributed by atoms with Gasteiger partial charge in [0.25, 0.3) is 10.2 Å². The molecule has 3 rings (SSSR count). The van der Waals surface area contributed by atoms with Crippen LogP contribution in [0.1, 0.15) is 44.9 Å². The minimum atomic E-state index is -3.43. The Hall–Kier alpha value is -0.700. The van der Waals surface area contributed by atoms with Crippen molar-refractivity contribution in [3.63, 3.8) is 0 Å². The minimum Gasteiger partial charge on any atom is -0.338 e. The normalized spacial score (nSPS) is 26.5. The van der Waals surface area contributed by atoms with Crippen LogP contribution < -0.4 is 5.73 Å². The lowest BCUT2D eigenvalue weighted by atomic mass is 9.96. The molecule has 3 aliphatic rings. The highest BCUT2D eigenvalue weighted by molar-refractivity contribution is 7.86. The molecule has 1 saturated heterocycles. The number of carbonyl (C=O) groups excluding carboxylic acids is 1. The first-order chi connectivity index (χ1) is 10.8.